The molecule has 0 saturated heterocycles. The van der Waals surface area contributed by atoms with Gasteiger partial charge in [0.15, 0.2) is 0 Å². The van der Waals surface area contributed by atoms with Crippen molar-refractivity contribution in [1.82, 2.24) is 4.72 Å². The number of methoxy groups -OCH3 is 1. The lowest BCUT2D eigenvalue weighted by Crippen LogP contribution is -2.52. The fourth-order valence-corrected chi connectivity index (χ4v) is 3.97. The Kier molecular flexibility index (Phi) is 8.51. The van der Waals surface area contributed by atoms with Gasteiger partial charge in [-0.05, 0) is 31.0 Å². The molecule has 1 aromatic rings. The summed E-state index contributed by atoms with van der Waals surface area (Å²) in [6.45, 7) is 3.85. The van der Waals surface area contributed by atoms with E-state index in [0.717, 1.165) is 0 Å². The Hall–Kier alpha value is -0.860. The lowest BCUT2D eigenvalue weighted by Gasteiger charge is -2.31. The number of hydrogen-bond acceptors (Lipinski definition) is 5. The molecule has 3 N–H and O–H groups in total. The average Bonchev–Trinajstić information content (AvgIpc) is 2.51. The third-order valence-electron chi connectivity index (χ3n) is 3.73. The Balaban J connectivity index is 0.00000484. The number of sulfonamides is 1. The minimum absolute atomic E-state index is 0. The molecule has 0 aromatic heterocycles. The lowest BCUT2D eigenvalue weighted by atomic mass is 9.95. The van der Waals surface area contributed by atoms with Gasteiger partial charge >= 0.3 is 5.97 Å². The van der Waals surface area contributed by atoms with Crippen LogP contribution in [-0.4, -0.2) is 33.6 Å². The topological polar surface area (TPSA) is 98.5 Å². The molecule has 0 radical (unpaired) electrons. The SMILES string of the molecule is CCC(CC)(CN)NS(=O)(=O)c1ccc(Cl)cc1C(=O)OC.Cl. The zero-order chi connectivity index (χ0) is 17.0. The number of nitrogens with one attached hydrogen (secondary N) is 1. The Morgan fingerprint density at radius 1 is 1.35 bits per heavy atom. The highest BCUT2D eigenvalue weighted by molar-refractivity contribution is 7.89. The van der Waals surface area contributed by atoms with Crippen molar-refractivity contribution >= 4 is 40.0 Å². The van der Waals surface area contributed by atoms with Gasteiger partial charge < -0.3 is 10.5 Å². The summed E-state index contributed by atoms with van der Waals surface area (Å²) in [5.41, 5.74) is 4.85. The van der Waals surface area contributed by atoms with Crippen molar-refractivity contribution in [3.05, 3.63) is 28.8 Å². The summed E-state index contributed by atoms with van der Waals surface area (Å²) < 4.78 is 32.5. The first-order valence-electron chi connectivity index (χ1n) is 6.87. The van der Waals surface area contributed by atoms with E-state index in [9.17, 15) is 13.2 Å². The maximum Gasteiger partial charge on any atom is 0.339 e. The van der Waals surface area contributed by atoms with Gasteiger partial charge in [-0.1, -0.05) is 25.4 Å². The van der Waals surface area contributed by atoms with Crippen molar-refractivity contribution in [2.24, 2.45) is 5.73 Å². The molecule has 1 rings (SSSR count). The van der Waals surface area contributed by atoms with Crippen molar-refractivity contribution in [2.45, 2.75) is 37.1 Å². The lowest BCUT2D eigenvalue weighted by molar-refractivity contribution is 0.0596. The number of nitrogens with two attached hydrogens (primary N) is 1. The van der Waals surface area contributed by atoms with Crippen LogP contribution in [0.1, 0.15) is 37.0 Å². The van der Waals surface area contributed by atoms with Gasteiger partial charge in [0.1, 0.15) is 0 Å². The number of benzene rings is 1. The number of esters is 1. The molecule has 0 bridgehead atoms. The zero-order valence-corrected chi connectivity index (χ0v) is 15.6. The molecule has 0 saturated carbocycles. The van der Waals surface area contributed by atoms with E-state index in [4.69, 9.17) is 17.3 Å². The highest BCUT2D eigenvalue weighted by atomic mass is 35.5. The molecule has 0 unspecified atom stereocenters. The molecule has 0 aliphatic heterocycles. The van der Waals surface area contributed by atoms with E-state index >= 15 is 0 Å². The first-order chi connectivity index (χ1) is 10.2. The largest absolute Gasteiger partial charge is 0.465 e. The molecule has 6 nitrogen and oxygen atoms in total. The first kappa shape index (κ1) is 22.1. The summed E-state index contributed by atoms with van der Waals surface area (Å²) in [6.07, 6.45) is 1.06. The molecule has 0 amide bonds. The number of rotatable bonds is 7. The summed E-state index contributed by atoms with van der Waals surface area (Å²) in [6, 6.07) is 3.96. The van der Waals surface area contributed by atoms with Crippen LogP contribution in [0, 0.1) is 0 Å². The number of carbonyl (C=O) groups is 1. The van der Waals surface area contributed by atoms with E-state index in [1.54, 1.807) is 0 Å². The van der Waals surface area contributed by atoms with Crippen LogP contribution in [0.15, 0.2) is 23.1 Å². The van der Waals surface area contributed by atoms with Crippen LogP contribution in [0.2, 0.25) is 5.02 Å². The Morgan fingerprint density at radius 2 is 1.91 bits per heavy atom. The number of carbonyl (C=O) groups excluding carboxylic acids is 1. The normalized spacial score (nSPS) is 11.7. The highest BCUT2D eigenvalue weighted by Crippen LogP contribution is 2.24. The Morgan fingerprint density at radius 3 is 2.35 bits per heavy atom. The maximum absolute atomic E-state index is 12.7. The minimum Gasteiger partial charge on any atom is -0.465 e. The smallest absolute Gasteiger partial charge is 0.339 e. The van der Waals surface area contributed by atoms with E-state index in [0.29, 0.717) is 12.8 Å². The number of hydrogen-bond donors (Lipinski definition) is 2. The highest BCUT2D eigenvalue weighted by Gasteiger charge is 2.33. The Labute approximate surface area is 148 Å². The van der Waals surface area contributed by atoms with Gasteiger partial charge in [-0.15, -0.1) is 12.4 Å². The van der Waals surface area contributed by atoms with Crippen LogP contribution in [0.5, 0.6) is 0 Å². The van der Waals surface area contributed by atoms with Crippen molar-refractivity contribution in [2.75, 3.05) is 13.7 Å². The van der Waals surface area contributed by atoms with Gasteiger partial charge in [-0.25, -0.2) is 17.9 Å². The van der Waals surface area contributed by atoms with E-state index in [1.165, 1.54) is 25.3 Å². The van der Waals surface area contributed by atoms with Crippen molar-refractivity contribution in [3.63, 3.8) is 0 Å². The second-order valence-electron chi connectivity index (χ2n) is 4.93. The standard InChI is InChI=1S/C14H21ClN2O4S.ClH/c1-4-14(5-2,9-16)17-22(19,20)12-7-6-10(15)8-11(12)13(18)21-3;/h6-8,17H,4-5,9,16H2,1-3H3;1H. The zero-order valence-electron chi connectivity index (χ0n) is 13.3. The van der Waals surface area contributed by atoms with Crippen LogP contribution in [-0.2, 0) is 14.8 Å². The fraction of sp³-hybridized carbons (Fsp3) is 0.500. The molecule has 9 heteroatoms. The Bertz CT molecular complexity index is 638. The molecule has 0 aliphatic rings. The van der Waals surface area contributed by atoms with E-state index in [-0.39, 0.29) is 34.4 Å². The van der Waals surface area contributed by atoms with Crippen LogP contribution in [0.25, 0.3) is 0 Å². The maximum atomic E-state index is 12.7. The second kappa shape index (κ2) is 8.84. The molecular weight excluding hydrogens is 363 g/mol. The number of halogens is 2. The number of ether oxygens (including phenoxy) is 1. The minimum atomic E-state index is -3.95. The van der Waals surface area contributed by atoms with Crippen molar-refractivity contribution < 1.29 is 17.9 Å². The predicted octanol–water partition coefficient (Wildman–Crippen LogP) is 2.34. The van der Waals surface area contributed by atoms with Crippen molar-refractivity contribution in [1.29, 1.82) is 0 Å². The first-order valence-corrected chi connectivity index (χ1v) is 8.73. The van der Waals surface area contributed by atoms with Crippen LogP contribution in [0.3, 0.4) is 0 Å². The van der Waals surface area contributed by atoms with Gasteiger partial charge in [0.05, 0.1) is 17.6 Å². The van der Waals surface area contributed by atoms with E-state index in [1.807, 2.05) is 13.8 Å². The quantitative estimate of drug-likeness (QED) is 0.702. The summed E-state index contributed by atoms with van der Waals surface area (Å²) in [7, 11) is -2.77. The molecule has 132 valence electrons. The fourth-order valence-electron chi connectivity index (χ4n) is 2.07. The average molecular weight is 385 g/mol. The third-order valence-corrected chi connectivity index (χ3v) is 5.60. The molecule has 23 heavy (non-hydrogen) atoms. The molecule has 0 atom stereocenters. The van der Waals surface area contributed by atoms with Crippen LogP contribution >= 0.6 is 24.0 Å². The molecule has 1 aromatic carbocycles. The summed E-state index contributed by atoms with van der Waals surface area (Å²) >= 11 is 5.84. The van der Waals surface area contributed by atoms with Crippen molar-refractivity contribution in [3.8, 4) is 0 Å². The van der Waals surface area contributed by atoms with Crippen LogP contribution < -0.4 is 10.5 Å². The molecular formula is C14H22Cl2N2O4S. The second-order valence-corrected chi connectivity index (χ2v) is 7.02. The molecule has 0 fully saturated rings. The predicted molar refractivity (Wildman–Crippen MR) is 92.7 cm³/mol. The molecule has 0 spiro atoms. The van der Waals surface area contributed by atoms with Gasteiger partial charge in [-0.3, -0.25) is 0 Å². The van der Waals surface area contributed by atoms with Crippen LogP contribution in [0.4, 0.5) is 0 Å². The van der Waals surface area contributed by atoms with Gasteiger partial charge in [-0.2, -0.15) is 0 Å². The van der Waals surface area contributed by atoms with E-state index in [2.05, 4.69) is 9.46 Å². The van der Waals surface area contributed by atoms with Gasteiger partial charge in [0, 0.05) is 17.1 Å². The molecule has 0 heterocycles. The van der Waals surface area contributed by atoms with E-state index < -0.39 is 21.5 Å². The summed E-state index contributed by atoms with van der Waals surface area (Å²) in [5, 5.41) is 0.246. The summed E-state index contributed by atoms with van der Waals surface area (Å²) in [5.74, 6) is -0.769. The third kappa shape index (κ3) is 5.06. The molecule has 0 aliphatic carbocycles. The van der Waals surface area contributed by atoms with Gasteiger partial charge in [0.25, 0.3) is 0 Å². The summed E-state index contributed by atoms with van der Waals surface area (Å²) in [4.78, 5) is 11.6. The monoisotopic (exact) mass is 384 g/mol. The van der Waals surface area contributed by atoms with Gasteiger partial charge in [0.2, 0.25) is 10.0 Å².